The Balaban J connectivity index is 1.39. The van der Waals surface area contributed by atoms with Crippen LogP contribution in [-0.2, 0) is 17.8 Å². The van der Waals surface area contributed by atoms with Gasteiger partial charge in [-0.25, -0.2) is 4.98 Å². The smallest absolute Gasteiger partial charge is 0.220 e. The minimum Gasteiger partial charge on any atom is -0.346 e. The van der Waals surface area contributed by atoms with Crippen LogP contribution in [0.2, 0.25) is 0 Å². The van der Waals surface area contributed by atoms with Gasteiger partial charge in [0.05, 0.1) is 17.1 Å². The van der Waals surface area contributed by atoms with Gasteiger partial charge in [-0.3, -0.25) is 4.79 Å². The van der Waals surface area contributed by atoms with Gasteiger partial charge in [-0.2, -0.15) is 0 Å². The fraction of sp³-hybridized carbons (Fsp3) is 0.172. The van der Waals surface area contributed by atoms with Crippen molar-refractivity contribution in [2.75, 3.05) is 0 Å². The van der Waals surface area contributed by atoms with Crippen LogP contribution in [0.3, 0.4) is 0 Å². The number of hydrogen-bond acceptors (Lipinski definition) is 2. The van der Waals surface area contributed by atoms with E-state index in [-0.39, 0.29) is 11.9 Å². The molecule has 4 aromatic carbocycles. The van der Waals surface area contributed by atoms with Crippen molar-refractivity contribution in [3.63, 3.8) is 0 Å². The van der Waals surface area contributed by atoms with E-state index >= 15 is 0 Å². The van der Waals surface area contributed by atoms with Crippen molar-refractivity contribution in [1.82, 2.24) is 14.9 Å². The first-order chi connectivity index (χ1) is 16.2. The van der Waals surface area contributed by atoms with Crippen LogP contribution in [0.25, 0.3) is 21.8 Å². The molecule has 0 radical (unpaired) electrons. The highest BCUT2D eigenvalue weighted by Gasteiger charge is 2.18. The summed E-state index contributed by atoms with van der Waals surface area (Å²) in [6.07, 6.45) is 1.19. The largest absolute Gasteiger partial charge is 0.346 e. The third-order valence-electron chi connectivity index (χ3n) is 6.09. The zero-order chi connectivity index (χ0) is 22.6. The van der Waals surface area contributed by atoms with E-state index < -0.39 is 0 Å². The van der Waals surface area contributed by atoms with Crippen molar-refractivity contribution in [2.45, 2.75) is 32.4 Å². The lowest BCUT2D eigenvalue weighted by Gasteiger charge is -2.17. The van der Waals surface area contributed by atoms with Gasteiger partial charge in [-0.05, 0) is 53.4 Å². The van der Waals surface area contributed by atoms with Crippen LogP contribution in [-0.4, -0.2) is 15.5 Å². The maximum atomic E-state index is 12.7. The van der Waals surface area contributed by atoms with Crippen molar-refractivity contribution < 1.29 is 4.79 Å². The molecule has 1 aromatic heterocycles. The highest BCUT2D eigenvalue weighted by atomic mass is 16.1. The predicted molar refractivity (Wildman–Crippen MR) is 134 cm³/mol. The van der Waals surface area contributed by atoms with Gasteiger partial charge in [0.1, 0.15) is 5.82 Å². The van der Waals surface area contributed by atoms with Crippen molar-refractivity contribution in [2.24, 2.45) is 0 Å². The third kappa shape index (κ3) is 4.65. The Morgan fingerprint density at radius 2 is 1.58 bits per heavy atom. The molecule has 1 N–H and O–H groups in total. The standard InChI is InChI=1S/C29H27N3O/c1-21(30-28(33)18-16-22-9-3-2-4-10-22)29-31-26-13-7-8-14-27(26)32(29)20-23-15-17-24-11-5-6-12-25(24)19-23/h2-15,17,19,21H,16,18,20H2,1H3,(H,30,33). The van der Waals surface area contributed by atoms with Crippen LogP contribution in [0, 0.1) is 0 Å². The predicted octanol–water partition coefficient (Wildman–Crippen LogP) is 6.05. The van der Waals surface area contributed by atoms with Gasteiger partial charge >= 0.3 is 0 Å². The van der Waals surface area contributed by atoms with Crippen molar-refractivity contribution >= 4 is 27.7 Å². The third-order valence-corrected chi connectivity index (χ3v) is 6.09. The summed E-state index contributed by atoms with van der Waals surface area (Å²) in [6.45, 7) is 2.71. The Kier molecular flexibility index (Phi) is 5.90. The fourth-order valence-corrected chi connectivity index (χ4v) is 4.39. The number of amides is 1. The lowest BCUT2D eigenvalue weighted by atomic mass is 10.1. The average molecular weight is 434 g/mol. The highest BCUT2D eigenvalue weighted by molar-refractivity contribution is 5.83. The minimum atomic E-state index is -0.193. The molecule has 5 aromatic rings. The molecule has 1 amide bonds. The van der Waals surface area contributed by atoms with Crippen molar-refractivity contribution in [3.05, 3.63) is 114 Å². The van der Waals surface area contributed by atoms with Crippen LogP contribution >= 0.6 is 0 Å². The van der Waals surface area contributed by atoms with E-state index in [9.17, 15) is 4.79 Å². The second kappa shape index (κ2) is 9.29. The molecule has 1 heterocycles. The highest BCUT2D eigenvalue weighted by Crippen LogP contribution is 2.24. The number of nitrogens with one attached hydrogen (secondary N) is 1. The molecule has 4 heteroatoms. The van der Waals surface area contributed by atoms with Gasteiger partial charge in [0.15, 0.2) is 0 Å². The second-order valence-electron chi connectivity index (χ2n) is 8.50. The molecular formula is C29H27N3O. The normalized spacial score (nSPS) is 12.2. The Bertz CT molecular complexity index is 1400. The SMILES string of the molecule is CC(NC(=O)CCc1ccccc1)c1nc2ccccc2n1Cc1ccc2ccccc2c1. The maximum Gasteiger partial charge on any atom is 0.220 e. The molecule has 4 nitrogen and oxygen atoms in total. The number of hydrogen-bond donors (Lipinski definition) is 1. The van der Waals surface area contributed by atoms with E-state index in [0.29, 0.717) is 13.0 Å². The first-order valence-electron chi connectivity index (χ1n) is 11.4. The van der Waals surface area contributed by atoms with E-state index in [4.69, 9.17) is 4.98 Å². The molecular weight excluding hydrogens is 406 g/mol. The molecule has 1 unspecified atom stereocenters. The number of aromatic nitrogens is 2. The zero-order valence-electron chi connectivity index (χ0n) is 18.7. The first kappa shape index (κ1) is 21.0. The molecule has 0 aliphatic carbocycles. The summed E-state index contributed by atoms with van der Waals surface area (Å²) < 4.78 is 2.22. The molecule has 1 atom stereocenters. The number of para-hydroxylation sites is 2. The maximum absolute atomic E-state index is 12.7. The van der Waals surface area contributed by atoms with Crippen LogP contribution in [0.5, 0.6) is 0 Å². The number of carbonyl (C=O) groups excluding carboxylic acids is 1. The number of fused-ring (bicyclic) bond motifs is 2. The van der Waals surface area contributed by atoms with Crippen LogP contribution in [0.15, 0.2) is 97.1 Å². The number of aryl methyl sites for hydroxylation is 1. The summed E-state index contributed by atoms with van der Waals surface area (Å²) in [6, 6.07) is 33.0. The lowest BCUT2D eigenvalue weighted by molar-refractivity contribution is -0.121. The van der Waals surface area contributed by atoms with E-state index in [2.05, 4.69) is 70.5 Å². The average Bonchev–Trinajstić information content (AvgIpc) is 3.22. The number of benzene rings is 4. The Morgan fingerprint density at radius 3 is 2.42 bits per heavy atom. The molecule has 0 aliphatic heterocycles. The molecule has 5 rings (SSSR count). The topological polar surface area (TPSA) is 46.9 Å². The lowest BCUT2D eigenvalue weighted by Crippen LogP contribution is -2.29. The first-order valence-corrected chi connectivity index (χ1v) is 11.4. The molecule has 0 saturated carbocycles. The van der Waals surface area contributed by atoms with Gasteiger partial charge in [0, 0.05) is 13.0 Å². The van der Waals surface area contributed by atoms with Gasteiger partial charge in [0.2, 0.25) is 5.91 Å². The Labute approximate surface area is 193 Å². The summed E-state index contributed by atoms with van der Waals surface area (Å²) in [5.74, 6) is 0.910. The summed E-state index contributed by atoms with van der Waals surface area (Å²) >= 11 is 0. The summed E-state index contributed by atoms with van der Waals surface area (Å²) in [5.41, 5.74) is 4.40. The summed E-state index contributed by atoms with van der Waals surface area (Å²) in [7, 11) is 0. The second-order valence-corrected chi connectivity index (χ2v) is 8.50. The number of carbonyl (C=O) groups is 1. The van der Waals surface area contributed by atoms with Gasteiger partial charge in [-0.15, -0.1) is 0 Å². The number of imidazole rings is 1. The number of nitrogens with zero attached hydrogens (tertiary/aromatic N) is 2. The monoisotopic (exact) mass is 433 g/mol. The van der Waals surface area contributed by atoms with E-state index in [1.54, 1.807) is 0 Å². The number of rotatable bonds is 7. The molecule has 0 saturated heterocycles. The molecule has 0 aliphatic rings. The molecule has 33 heavy (non-hydrogen) atoms. The molecule has 164 valence electrons. The van der Waals surface area contributed by atoms with E-state index in [1.807, 2.05) is 43.3 Å². The van der Waals surface area contributed by atoms with Crippen LogP contribution in [0.1, 0.15) is 36.3 Å². The summed E-state index contributed by atoms with van der Waals surface area (Å²) in [4.78, 5) is 17.6. The Hall–Kier alpha value is -3.92. The van der Waals surface area contributed by atoms with Crippen molar-refractivity contribution in [1.29, 1.82) is 0 Å². The van der Waals surface area contributed by atoms with Crippen LogP contribution in [0.4, 0.5) is 0 Å². The molecule has 0 fully saturated rings. The quantitative estimate of drug-likeness (QED) is 0.340. The van der Waals surface area contributed by atoms with E-state index in [0.717, 1.165) is 23.3 Å². The molecule has 0 spiro atoms. The zero-order valence-corrected chi connectivity index (χ0v) is 18.7. The van der Waals surface area contributed by atoms with Gasteiger partial charge in [-0.1, -0.05) is 78.9 Å². The van der Waals surface area contributed by atoms with E-state index in [1.165, 1.54) is 21.9 Å². The van der Waals surface area contributed by atoms with Gasteiger partial charge in [0.25, 0.3) is 0 Å². The van der Waals surface area contributed by atoms with Gasteiger partial charge < -0.3 is 9.88 Å². The summed E-state index contributed by atoms with van der Waals surface area (Å²) in [5, 5.41) is 5.62. The minimum absolute atomic E-state index is 0.0377. The molecule has 0 bridgehead atoms. The fourth-order valence-electron chi connectivity index (χ4n) is 4.39. The van der Waals surface area contributed by atoms with Crippen molar-refractivity contribution in [3.8, 4) is 0 Å². The van der Waals surface area contributed by atoms with Crippen LogP contribution < -0.4 is 5.32 Å². The Morgan fingerprint density at radius 1 is 0.848 bits per heavy atom.